The highest BCUT2D eigenvalue weighted by Crippen LogP contribution is 2.17. The monoisotopic (exact) mass is 306 g/mol. The number of hydrogen-bond donors (Lipinski definition) is 1. The van der Waals surface area contributed by atoms with Crippen LogP contribution in [0.5, 0.6) is 0 Å². The Kier molecular flexibility index (Phi) is 3.65. The zero-order valence-corrected chi connectivity index (χ0v) is 10.6. The van der Waals surface area contributed by atoms with E-state index in [1.54, 1.807) is 30.3 Å². The summed E-state index contributed by atoms with van der Waals surface area (Å²) in [5.41, 5.74) is -0.0757. The number of nitrogens with zero attached hydrogens (tertiary/aromatic N) is 1. The van der Waals surface area contributed by atoms with Gasteiger partial charge in [0.05, 0.1) is 6.26 Å². The van der Waals surface area contributed by atoms with Gasteiger partial charge < -0.3 is 8.83 Å². The summed E-state index contributed by atoms with van der Waals surface area (Å²) in [5, 5.41) is 11.4. The van der Waals surface area contributed by atoms with E-state index in [0.717, 1.165) is 0 Å². The van der Waals surface area contributed by atoms with Gasteiger partial charge in [-0.3, -0.25) is 10.1 Å². The summed E-state index contributed by atoms with van der Waals surface area (Å²) in [6.07, 6.45) is 2.78. The van der Waals surface area contributed by atoms with E-state index in [-0.39, 0.29) is 11.5 Å². The molecule has 5 nitrogen and oxygen atoms in total. The molecule has 1 N–H and O–H groups in total. The van der Waals surface area contributed by atoms with E-state index >= 15 is 0 Å². The van der Waals surface area contributed by atoms with Gasteiger partial charge in [0, 0.05) is 12.1 Å². The van der Waals surface area contributed by atoms with E-state index in [9.17, 15) is 4.79 Å². The van der Waals surface area contributed by atoms with Crippen LogP contribution < -0.4 is 5.32 Å². The SMILES string of the molecule is N#C/C(=C\c1ccc(Br)o1)C(=O)Nc1ccco1. The average Bonchev–Trinajstić information content (AvgIpc) is 2.97. The van der Waals surface area contributed by atoms with E-state index in [4.69, 9.17) is 14.1 Å². The molecule has 2 aromatic rings. The molecule has 0 atom stereocenters. The Bertz CT molecular complexity index is 620. The van der Waals surface area contributed by atoms with E-state index < -0.39 is 5.91 Å². The standard InChI is InChI=1S/C12H7BrN2O3/c13-10-4-3-9(18-10)6-8(7-14)12(16)15-11-2-1-5-17-11/h1-6H,(H,15,16)/b8-6+. The summed E-state index contributed by atoms with van der Waals surface area (Å²) in [4.78, 5) is 11.7. The van der Waals surface area contributed by atoms with Gasteiger partial charge in [0.25, 0.3) is 5.91 Å². The topological polar surface area (TPSA) is 79.2 Å². The molecule has 18 heavy (non-hydrogen) atoms. The lowest BCUT2D eigenvalue weighted by Crippen LogP contribution is -2.12. The van der Waals surface area contributed by atoms with Crippen LogP contribution in [0.3, 0.4) is 0 Å². The summed E-state index contributed by atoms with van der Waals surface area (Å²) in [5.74, 6) is 0.134. The van der Waals surface area contributed by atoms with Crippen molar-refractivity contribution >= 4 is 33.8 Å². The summed E-state index contributed by atoms with van der Waals surface area (Å²) in [6, 6.07) is 8.33. The fourth-order valence-electron chi connectivity index (χ4n) is 1.23. The third-order valence-electron chi connectivity index (χ3n) is 2.00. The predicted molar refractivity (Wildman–Crippen MR) is 67.3 cm³/mol. The van der Waals surface area contributed by atoms with Crippen LogP contribution in [0.15, 0.2) is 49.6 Å². The number of carbonyl (C=O) groups is 1. The third-order valence-corrected chi connectivity index (χ3v) is 2.43. The first-order valence-electron chi connectivity index (χ1n) is 4.91. The number of rotatable bonds is 3. The molecule has 0 saturated heterocycles. The van der Waals surface area contributed by atoms with Crippen LogP contribution in [0.2, 0.25) is 0 Å². The quantitative estimate of drug-likeness (QED) is 0.697. The minimum absolute atomic E-state index is 0.0757. The van der Waals surface area contributed by atoms with Crippen LogP contribution in [0.25, 0.3) is 6.08 Å². The van der Waals surface area contributed by atoms with Crippen molar-refractivity contribution in [3.63, 3.8) is 0 Å². The van der Waals surface area contributed by atoms with Crippen LogP contribution >= 0.6 is 15.9 Å². The number of hydrogen-bond acceptors (Lipinski definition) is 4. The Morgan fingerprint density at radius 2 is 2.28 bits per heavy atom. The van der Waals surface area contributed by atoms with Crippen molar-refractivity contribution in [2.45, 2.75) is 0 Å². The van der Waals surface area contributed by atoms with E-state index in [0.29, 0.717) is 10.4 Å². The Morgan fingerprint density at radius 1 is 1.44 bits per heavy atom. The van der Waals surface area contributed by atoms with Crippen LogP contribution in [0.4, 0.5) is 5.88 Å². The van der Waals surface area contributed by atoms with Gasteiger partial charge in [-0.25, -0.2) is 0 Å². The second kappa shape index (κ2) is 5.38. The van der Waals surface area contributed by atoms with Crippen molar-refractivity contribution in [1.82, 2.24) is 0 Å². The number of halogens is 1. The normalized spacial score (nSPS) is 11.0. The Hall–Kier alpha value is -2.26. The Balaban J connectivity index is 2.16. The summed E-state index contributed by atoms with van der Waals surface area (Å²) < 4.78 is 10.7. The molecule has 0 spiro atoms. The van der Waals surface area contributed by atoms with Gasteiger partial charge in [0.15, 0.2) is 10.6 Å². The molecule has 2 aromatic heterocycles. The van der Waals surface area contributed by atoms with Crippen LogP contribution in [0, 0.1) is 11.3 Å². The second-order valence-electron chi connectivity index (χ2n) is 3.24. The van der Waals surface area contributed by atoms with Crippen molar-refractivity contribution in [3.8, 4) is 6.07 Å². The minimum atomic E-state index is -0.556. The fraction of sp³-hybridized carbons (Fsp3) is 0. The Morgan fingerprint density at radius 3 is 2.83 bits per heavy atom. The maximum atomic E-state index is 11.7. The first-order valence-corrected chi connectivity index (χ1v) is 5.70. The zero-order valence-electron chi connectivity index (χ0n) is 9.01. The molecule has 0 aliphatic heterocycles. The molecule has 0 aliphatic carbocycles. The second-order valence-corrected chi connectivity index (χ2v) is 4.02. The fourth-order valence-corrected chi connectivity index (χ4v) is 1.54. The first-order chi connectivity index (χ1) is 8.69. The predicted octanol–water partition coefficient (Wildman–Crippen LogP) is 3.18. The zero-order chi connectivity index (χ0) is 13.0. The molecule has 0 radical (unpaired) electrons. The van der Waals surface area contributed by atoms with E-state index in [2.05, 4.69) is 21.2 Å². The van der Waals surface area contributed by atoms with Gasteiger partial charge in [-0.2, -0.15) is 5.26 Å². The van der Waals surface area contributed by atoms with Crippen molar-refractivity contribution in [3.05, 3.63) is 46.5 Å². The Labute approximate surface area is 111 Å². The minimum Gasteiger partial charge on any atom is -0.450 e. The lowest BCUT2D eigenvalue weighted by molar-refractivity contribution is -0.112. The molecular formula is C12H7BrN2O3. The van der Waals surface area contributed by atoms with E-state index in [1.807, 2.05) is 0 Å². The van der Waals surface area contributed by atoms with Crippen molar-refractivity contribution in [2.75, 3.05) is 5.32 Å². The van der Waals surface area contributed by atoms with Gasteiger partial charge in [-0.1, -0.05) is 0 Å². The number of furan rings is 2. The van der Waals surface area contributed by atoms with Crippen LogP contribution in [-0.2, 0) is 4.79 Å². The lowest BCUT2D eigenvalue weighted by Gasteiger charge is -1.98. The molecule has 2 rings (SSSR count). The third kappa shape index (κ3) is 2.90. The molecule has 2 heterocycles. The molecule has 6 heteroatoms. The number of amides is 1. The molecular weight excluding hydrogens is 300 g/mol. The summed E-state index contributed by atoms with van der Waals surface area (Å²) in [6.45, 7) is 0. The summed E-state index contributed by atoms with van der Waals surface area (Å²) in [7, 11) is 0. The van der Waals surface area contributed by atoms with Gasteiger partial charge in [0.1, 0.15) is 17.4 Å². The number of anilines is 1. The molecule has 1 amide bonds. The molecule has 0 bridgehead atoms. The highest BCUT2D eigenvalue weighted by atomic mass is 79.9. The van der Waals surface area contributed by atoms with Crippen LogP contribution in [-0.4, -0.2) is 5.91 Å². The highest BCUT2D eigenvalue weighted by Gasteiger charge is 2.11. The average molecular weight is 307 g/mol. The van der Waals surface area contributed by atoms with Gasteiger partial charge in [-0.05, 0) is 34.1 Å². The number of nitriles is 1. The van der Waals surface area contributed by atoms with Crippen molar-refractivity contribution in [1.29, 1.82) is 5.26 Å². The van der Waals surface area contributed by atoms with Crippen molar-refractivity contribution in [2.24, 2.45) is 0 Å². The maximum Gasteiger partial charge on any atom is 0.268 e. The van der Waals surface area contributed by atoms with E-state index in [1.165, 1.54) is 12.3 Å². The maximum absolute atomic E-state index is 11.7. The smallest absolute Gasteiger partial charge is 0.268 e. The largest absolute Gasteiger partial charge is 0.450 e. The van der Waals surface area contributed by atoms with Gasteiger partial charge in [0.2, 0.25) is 0 Å². The molecule has 0 fully saturated rings. The highest BCUT2D eigenvalue weighted by molar-refractivity contribution is 9.10. The molecule has 0 saturated carbocycles. The molecule has 90 valence electrons. The molecule has 0 unspecified atom stereocenters. The molecule has 0 aromatic carbocycles. The number of carbonyl (C=O) groups excluding carboxylic acids is 1. The van der Waals surface area contributed by atoms with Gasteiger partial charge >= 0.3 is 0 Å². The number of nitrogens with one attached hydrogen (secondary N) is 1. The lowest BCUT2D eigenvalue weighted by atomic mass is 10.2. The molecule has 0 aliphatic rings. The van der Waals surface area contributed by atoms with Crippen molar-refractivity contribution < 1.29 is 13.6 Å². The summed E-state index contributed by atoms with van der Waals surface area (Å²) >= 11 is 3.14. The first kappa shape index (κ1) is 12.2. The van der Waals surface area contributed by atoms with Crippen LogP contribution in [0.1, 0.15) is 5.76 Å². The van der Waals surface area contributed by atoms with Gasteiger partial charge in [-0.15, -0.1) is 0 Å².